The van der Waals surface area contributed by atoms with Crippen molar-refractivity contribution < 1.29 is 9.59 Å². The maximum Gasteiger partial charge on any atom is 0.318 e. The fraction of sp³-hybridized carbons (Fsp3) is 0.600. The van der Waals surface area contributed by atoms with E-state index in [1.54, 1.807) is 23.2 Å². The Bertz CT molecular complexity index is 521. The van der Waals surface area contributed by atoms with E-state index in [1.807, 2.05) is 12.1 Å². The summed E-state index contributed by atoms with van der Waals surface area (Å²) < 4.78 is 0.816. The lowest BCUT2D eigenvalue weighted by molar-refractivity contribution is -0.124. The van der Waals surface area contributed by atoms with Crippen LogP contribution in [0.4, 0.5) is 4.79 Å². The second-order valence-electron chi connectivity index (χ2n) is 5.41. The van der Waals surface area contributed by atoms with E-state index in [2.05, 4.69) is 10.6 Å². The zero-order valence-electron chi connectivity index (χ0n) is 12.7. The van der Waals surface area contributed by atoms with Crippen LogP contribution in [-0.4, -0.2) is 42.5 Å². The molecule has 1 fully saturated rings. The molecule has 0 unspecified atom stereocenters. The zero-order valence-corrected chi connectivity index (χ0v) is 14.3. The molecule has 1 aromatic heterocycles. The number of aryl methyl sites for hydroxylation is 1. The van der Waals surface area contributed by atoms with E-state index >= 15 is 0 Å². The van der Waals surface area contributed by atoms with Crippen LogP contribution < -0.4 is 10.6 Å². The highest BCUT2D eigenvalue weighted by atomic mass is 35.5. The number of rotatable bonds is 5. The third kappa shape index (κ3) is 4.88. The Morgan fingerprint density at radius 2 is 2.32 bits per heavy atom. The molecule has 0 aliphatic carbocycles. The number of nitrogens with one attached hydrogen (secondary N) is 2. The van der Waals surface area contributed by atoms with E-state index in [0.29, 0.717) is 19.6 Å². The molecular weight excluding hydrogens is 322 g/mol. The summed E-state index contributed by atoms with van der Waals surface area (Å²) >= 11 is 7.49. The van der Waals surface area contributed by atoms with Gasteiger partial charge in [0.15, 0.2) is 0 Å². The zero-order chi connectivity index (χ0) is 15.9. The van der Waals surface area contributed by atoms with Crippen molar-refractivity contribution in [2.45, 2.75) is 38.6 Å². The molecule has 0 bridgehead atoms. The van der Waals surface area contributed by atoms with Crippen molar-refractivity contribution in [3.8, 4) is 0 Å². The summed E-state index contributed by atoms with van der Waals surface area (Å²) in [6.07, 6.45) is 3.70. The van der Waals surface area contributed by atoms with Crippen LogP contribution in [0.15, 0.2) is 12.1 Å². The van der Waals surface area contributed by atoms with Crippen LogP contribution in [0.2, 0.25) is 4.34 Å². The van der Waals surface area contributed by atoms with Crippen molar-refractivity contribution in [1.29, 1.82) is 0 Å². The number of hydrogen-bond donors (Lipinski definition) is 2. The van der Waals surface area contributed by atoms with Crippen molar-refractivity contribution >= 4 is 34.9 Å². The minimum atomic E-state index is -0.407. The quantitative estimate of drug-likeness (QED) is 0.807. The molecule has 2 N–H and O–H groups in total. The van der Waals surface area contributed by atoms with Gasteiger partial charge in [0.05, 0.1) is 4.34 Å². The fourth-order valence-electron chi connectivity index (χ4n) is 2.43. The highest BCUT2D eigenvalue weighted by molar-refractivity contribution is 7.16. The molecule has 0 radical (unpaired) electrons. The van der Waals surface area contributed by atoms with Crippen LogP contribution in [-0.2, 0) is 11.2 Å². The first kappa shape index (κ1) is 17.1. The number of thiophene rings is 1. The van der Waals surface area contributed by atoms with Gasteiger partial charge in [-0.05, 0) is 44.7 Å². The Labute approximate surface area is 140 Å². The first-order valence-corrected chi connectivity index (χ1v) is 8.84. The number of halogens is 1. The average molecular weight is 344 g/mol. The molecule has 7 heteroatoms. The normalized spacial score (nSPS) is 18.7. The predicted molar refractivity (Wildman–Crippen MR) is 89.5 cm³/mol. The van der Waals surface area contributed by atoms with Gasteiger partial charge in [-0.1, -0.05) is 11.6 Å². The van der Waals surface area contributed by atoms with Crippen LogP contribution in [0.1, 0.15) is 31.1 Å². The molecule has 3 amide bonds. The summed E-state index contributed by atoms with van der Waals surface area (Å²) in [7, 11) is 0. The first-order chi connectivity index (χ1) is 10.6. The Morgan fingerprint density at radius 1 is 1.50 bits per heavy atom. The minimum absolute atomic E-state index is 0.0813. The number of carbonyl (C=O) groups is 2. The Hall–Kier alpha value is -1.27. The molecule has 1 saturated heterocycles. The third-order valence-electron chi connectivity index (χ3n) is 3.74. The average Bonchev–Trinajstić information content (AvgIpc) is 2.83. The molecule has 1 aliphatic heterocycles. The minimum Gasteiger partial charge on any atom is -0.354 e. The molecule has 1 aliphatic rings. The number of nitrogens with zero attached hydrogens (tertiary/aromatic N) is 1. The molecule has 5 nitrogen and oxygen atoms in total. The largest absolute Gasteiger partial charge is 0.354 e. The molecule has 2 heterocycles. The summed E-state index contributed by atoms with van der Waals surface area (Å²) in [6.45, 7) is 3.64. The van der Waals surface area contributed by atoms with Gasteiger partial charge < -0.3 is 15.5 Å². The van der Waals surface area contributed by atoms with E-state index in [9.17, 15) is 9.59 Å². The summed E-state index contributed by atoms with van der Waals surface area (Å²) in [6, 6.07) is 3.40. The van der Waals surface area contributed by atoms with E-state index in [4.69, 9.17) is 11.6 Å². The Morgan fingerprint density at radius 3 is 3.05 bits per heavy atom. The fourth-order valence-corrected chi connectivity index (χ4v) is 3.56. The van der Waals surface area contributed by atoms with E-state index < -0.39 is 6.04 Å². The van der Waals surface area contributed by atoms with Crippen LogP contribution in [0.3, 0.4) is 0 Å². The van der Waals surface area contributed by atoms with Gasteiger partial charge in [-0.3, -0.25) is 4.79 Å². The molecular formula is C15H22ClN3O2S. The van der Waals surface area contributed by atoms with Gasteiger partial charge in [0.25, 0.3) is 0 Å². The number of unbranched alkanes of at least 4 members (excludes halogenated alkanes) is 1. The summed E-state index contributed by atoms with van der Waals surface area (Å²) in [5.74, 6) is -0.0813. The summed E-state index contributed by atoms with van der Waals surface area (Å²) in [4.78, 5) is 26.8. The lowest BCUT2D eigenvalue weighted by Crippen LogP contribution is -2.49. The van der Waals surface area contributed by atoms with Gasteiger partial charge >= 0.3 is 6.03 Å². The maximum atomic E-state index is 12.2. The van der Waals surface area contributed by atoms with Gasteiger partial charge in [0, 0.05) is 24.5 Å². The number of carbonyl (C=O) groups excluding carboxylic acids is 2. The number of hydrogen-bond acceptors (Lipinski definition) is 3. The first-order valence-electron chi connectivity index (χ1n) is 7.64. The Kier molecular flexibility index (Phi) is 6.51. The molecule has 0 aromatic carbocycles. The third-order valence-corrected chi connectivity index (χ3v) is 5.03. The monoisotopic (exact) mass is 343 g/mol. The van der Waals surface area contributed by atoms with Gasteiger partial charge in [-0.25, -0.2) is 4.79 Å². The standard InChI is InChI=1S/C15H22ClN3O2S/c1-11-14(20)17-9-4-10-19(11)15(21)18-8-3-2-5-12-6-7-13(16)22-12/h6-7,11H,2-5,8-10H2,1H3,(H,17,20)(H,18,21)/t11-/m1/s1. The molecule has 1 atom stereocenters. The number of urea groups is 1. The van der Waals surface area contributed by atoms with Crippen LogP contribution in [0, 0.1) is 0 Å². The molecule has 22 heavy (non-hydrogen) atoms. The van der Waals surface area contributed by atoms with Crippen molar-refractivity contribution in [1.82, 2.24) is 15.5 Å². The van der Waals surface area contributed by atoms with Gasteiger partial charge in [0.1, 0.15) is 6.04 Å². The summed E-state index contributed by atoms with van der Waals surface area (Å²) in [5, 5.41) is 5.71. The molecule has 1 aromatic rings. The molecule has 0 spiro atoms. The molecule has 0 saturated carbocycles. The SMILES string of the molecule is C[C@@H]1C(=O)NCCCN1C(=O)NCCCCc1ccc(Cl)s1. The van der Waals surface area contributed by atoms with E-state index in [0.717, 1.165) is 30.0 Å². The van der Waals surface area contributed by atoms with Gasteiger partial charge in [0.2, 0.25) is 5.91 Å². The highest BCUT2D eigenvalue weighted by Crippen LogP contribution is 2.22. The van der Waals surface area contributed by atoms with Crippen molar-refractivity contribution in [3.63, 3.8) is 0 Å². The number of amides is 3. The second-order valence-corrected chi connectivity index (χ2v) is 7.21. The van der Waals surface area contributed by atoms with E-state index in [1.165, 1.54) is 4.88 Å². The van der Waals surface area contributed by atoms with Gasteiger partial charge in [-0.2, -0.15) is 0 Å². The van der Waals surface area contributed by atoms with Crippen molar-refractivity contribution in [3.05, 3.63) is 21.3 Å². The van der Waals surface area contributed by atoms with Crippen LogP contribution in [0.5, 0.6) is 0 Å². The highest BCUT2D eigenvalue weighted by Gasteiger charge is 2.27. The summed E-state index contributed by atoms with van der Waals surface area (Å²) in [5.41, 5.74) is 0. The van der Waals surface area contributed by atoms with Gasteiger partial charge in [-0.15, -0.1) is 11.3 Å². The van der Waals surface area contributed by atoms with Crippen molar-refractivity contribution in [2.24, 2.45) is 0 Å². The maximum absolute atomic E-state index is 12.2. The molecule has 2 rings (SSSR count). The second kappa shape index (κ2) is 8.39. The van der Waals surface area contributed by atoms with Crippen LogP contribution in [0.25, 0.3) is 0 Å². The molecule has 122 valence electrons. The topological polar surface area (TPSA) is 61.4 Å². The lowest BCUT2D eigenvalue weighted by atomic mass is 10.2. The van der Waals surface area contributed by atoms with Crippen LogP contribution >= 0.6 is 22.9 Å². The van der Waals surface area contributed by atoms with E-state index in [-0.39, 0.29) is 11.9 Å². The predicted octanol–water partition coefficient (Wildman–Crippen LogP) is 2.64. The lowest BCUT2D eigenvalue weighted by Gasteiger charge is -2.25. The van der Waals surface area contributed by atoms with Crippen molar-refractivity contribution in [2.75, 3.05) is 19.6 Å². The Balaban J connectivity index is 1.67. The smallest absolute Gasteiger partial charge is 0.318 e.